The first kappa shape index (κ1) is 26.2. The summed E-state index contributed by atoms with van der Waals surface area (Å²) in [7, 11) is 2.88. The van der Waals surface area contributed by atoms with Gasteiger partial charge in [-0.05, 0) is 70.8 Å². The van der Waals surface area contributed by atoms with Gasteiger partial charge in [-0.2, -0.15) is 0 Å². The Morgan fingerprint density at radius 1 is 0.846 bits per heavy atom. The second-order valence-corrected chi connectivity index (χ2v) is 10.2. The summed E-state index contributed by atoms with van der Waals surface area (Å²) in [5.74, 6) is -0.491. The Kier molecular flexibility index (Phi) is 7.49. The van der Waals surface area contributed by atoms with Gasteiger partial charge in [-0.1, -0.05) is 72.5 Å². The van der Waals surface area contributed by atoms with Gasteiger partial charge >= 0.3 is 5.97 Å². The number of thiocarbonyl (C=S) groups is 1. The predicted molar refractivity (Wildman–Crippen MR) is 159 cm³/mol. The summed E-state index contributed by atoms with van der Waals surface area (Å²) < 4.78 is 10.5. The molecule has 1 fully saturated rings. The standard InChI is InChI=1S/C31H23NO5S2/c1-36-24-15-16-25(26(18-24)22-10-6-9-21(17-22)19-7-4-3-5-8-19)27(33)28-29(34)32(31(38)39-28)23-13-11-20(12-14-23)30(35)37-2/h3-18,33H,1-2H3. The molecule has 194 valence electrons. The Balaban J connectivity index is 1.55. The Labute approximate surface area is 235 Å². The van der Waals surface area contributed by atoms with Gasteiger partial charge in [-0.15, -0.1) is 0 Å². The molecule has 4 aromatic rings. The van der Waals surface area contributed by atoms with Crippen molar-refractivity contribution in [1.82, 2.24) is 0 Å². The lowest BCUT2D eigenvalue weighted by atomic mass is 9.94. The van der Waals surface area contributed by atoms with Gasteiger partial charge in [0.2, 0.25) is 0 Å². The summed E-state index contributed by atoms with van der Waals surface area (Å²) in [5, 5.41) is 11.5. The van der Waals surface area contributed by atoms with E-state index < -0.39 is 11.9 Å². The van der Waals surface area contributed by atoms with E-state index in [-0.39, 0.29) is 15.0 Å². The second-order valence-electron chi connectivity index (χ2n) is 8.58. The molecule has 0 spiro atoms. The molecule has 5 rings (SSSR count). The third-order valence-electron chi connectivity index (χ3n) is 6.29. The average Bonchev–Trinajstić information content (AvgIpc) is 3.29. The molecule has 1 heterocycles. The maximum Gasteiger partial charge on any atom is 0.337 e. The van der Waals surface area contributed by atoms with E-state index in [0.29, 0.717) is 28.1 Å². The van der Waals surface area contributed by atoms with Crippen LogP contribution in [0.2, 0.25) is 0 Å². The number of hydrogen-bond acceptors (Lipinski definition) is 7. The molecule has 4 aromatic carbocycles. The Hall–Kier alpha value is -4.40. The molecule has 1 N–H and O–H groups in total. The number of thioether (sulfide) groups is 1. The van der Waals surface area contributed by atoms with Crippen molar-refractivity contribution in [2.75, 3.05) is 19.1 Å². The van der Waals surface area contributed by atoms with E-state index in [4.69, 9.17) is 21.7 Å². The number of ether oxygens (including phenoxy) is 2. The maximum absolute atomic E-state index is 13.5. The zero-order valence-electron chi connectivity index (χ0n) is 21.1. The Morgan fingerprint density at radius 3 is 2.23 bits per heavy atom. The number of benzene rings is 4. The summed E-state index contributed by atoms with van der Waals surface area (Å²) >= 11 is 6.52. The molecule has 6 nitrogen and oxygen atoms in total. The third kappa shape index (κ3) is 5.16. The Morgan fingerprint density at radius 2 is 1.54 bits per heavy atom. The summed E-state index contributed by atoms with van der Waals surface area (Å²) in [6, 6.07) is 29.6. The van der Waals surface area contributed by atoms with Crippen LogP contribution in [0.3, 0.4) is 0 Å². The molecule has 0 aliphatic carbocycles. The lowest BCUT2D eigenvalue weighted by Gasteiger charge is -2.15. The molecule has 0 atom stereocenters. The molecule has 8 heteroatoms. The van der Waals surface area contributed by atoms with Crippen molar-refractivity contribution >= 4 is 51.6 Å². The highest BCUT2D eigenvalue weighted by molar-refractivity contribution is 8.27. The highest BCUT2D eigenvalue weighted by Crippen LogP contribution is 2.41. The SMILES string of the molecule is COC(=O)c1ccc(N2C(=O)C(=C(O)c3ccc(OC)cc3-c3cccc(-c4ccccc4)c3)SC2=S)cc1. The van der Waals surface area contributed by atoms with E-state index in [1.807, 2.05) is 60.7 Å². The molecule has 1 saturated heterocycles. The first-order valence-electron chi connectivity index (χ1n) is 11.9. The normalized spacial score (nSPS) is 14.4. The van der Waals surface area contributed by atoms with Gasteiger partial charge in [0.05, 0.1) is 25.5 Å². The lowest BCUT2D eigenvalue weighted by molar-refractivity contribution is -0.113. The monoisotopic (exact) mass is 553 g/mol. The molecule has 0 radical (unpaired) electrons. The van der Waals surface area contributed by atoms with Crippen molar-refractivity contribution < 1.29 is 24.2 Å². The highest BCUT2D eigenvalue weighted by Gasteiger charge is 2.36. The van der Waals surface area contributed by atoms with Crippen LogP contribution in [0.4, 0.5) is 5.69 Å². The number of hydrogen-bond donors (Lipinski definition) is 1. The number of rotatable bonds is 6. The van der Waals surface area contributed by atoms with E-state index in [1.165, 1.54) is 12.0 Å². The fourth-order valence-electron chi connectivity index (χ4n) is 4.31. The van der Waals surface area contributed by atoms with Gasteiger partial charge in [-0.3, -0.25) is 9.69 Å². The van der Waals surface area contributed by atoms with Crippen molar-refractivity contribution in [3.05, 3.63) is 113 Å². The minimum absolute atomic E-state index is 0.114. The molecule has 0 bridgehead atoms. The van der Waals surface area contributed by atoms with E-state index >= 15 is 0 Å². The Bertz CT molecular complexity index is 1610. The topological polar surface area (TPSA) is 76.1 Å². The van der Waals surface area contributed by atoms with Crippen molar-refractivity contribution in [2.45, 2.75) is 0 Å². The number of aliphatic hydroxyl groups is 1. The second kappa shape index (κ2) is 11.1. The van der Waals surface area contributed by atoms with Crippen LogP contribution in [0.15, 0.2) is 102 Å². The smallest absolute Gasteiger partial charge is 0.337 e. The summed E-state index contributed by atoms with van der Waals surface area (Å²) in [5.41, 5.74) is 4.95. The minimum atomic E-state index is -0.479. The quantitative estimate of drug-likeness (QED) is 0.118. The van der Waals surface area contributed by atoms with Crippen LogP contribution in [0.25, 0.3) is 28.0 Å². The van der Waals surface area contributed by atoms with Crippen LogP contribution in [0.5, 0.6) is 5.75 Å². The van der Waals surface area contributed by atoms with Crippen molar-refractivity contribution in [2.24, 2.45) is 0 Å². The first-order chi connectivity index (χ1) is 18.9. The molecule has 0 saturated carbocycles. The zero-order valence-corrected chi connectivity index (χ0v) is 22.7. The van der Waals surface area contributed by atoms with Crippen LogP contribution in [0.1, 0.15) is 15.9 Å². The van der Waals surface area contributed by atoms with Gasteiger partial charge in [0.1, 0.15) is 16.4 Å². The molecular formula is C31H23NO5S2. The molecule has 1 aliphatic heterocycles. The first-order valence-corrected chi connectivity index (χ1v) is 13.2. The van der Waals surface area contributed by atoms with Crippen LogP contribution in [-0.4, -0.2) is 35.5 Å². The lowest BCUT2D eigenvalue weighted by Crippen LogP contribution is -2.27. The van der Waals surface area contributed by atoms with E-state index in [0.717, 1.165) is 28.5 Å². The van der Waals surface area contributed by atoms with Gasteiger partial charge in [0, 0.05) is 5.56 Å². The number of carbonyl (C=O) groups is 2. The molecular weight excluding hydrogens is 530 g/mol. The van der Waals surface area contributed by atoms with Crippen molar-refractivity contribution in [3.8, 4) is 28.0 Å². The number of esters is 1. The number of aliphatic hydroxyl groups excluding tert-OH is 1. The number of amides is 1. The van der Waals surface area contributed by atoms with E-state index in [1.54, 1.807) is 43.5 Å². The average molecular weight is 554 g/mol. The summed E-state index contributed by atoms with van der Waals surface area (Å²) in [6.45, 7) is 0. The molecule has 39 heavy (non-hydrogen) atoms. The van der Waals surface area contributed by atoms with Crippen LogP contribution < -0.4 is 9.64 Å². The van der Waals surface area contributed by atoms with Crippen molar-refractivity contribution in [3.63, 3.8) is 0 Å². The third-order valence-corrected chi connectivity index (χ3v) is 7.66. The summed E-state index contributed by atoms with van der Waals surface area (Å²) in [4.78, 5) is 26.7. The van der Waals surface area contributed by atoms with Gasteiger partial charge in [0.25, 0.3) is 5.91 Å². The molecule has 0 unspecified atom stereocenters. The van der Waals surface area contributed by atoms with Gasteiger partial charge in [0.15, 0.2) is 4.32 Å². The summed E-state index contributed by atoms with van der Waals surface area (Å²) in [6.07, 6.45) is 0. The molecule has 0 aromatic heterocycles. The van der Waals surface area contributed by atoms with Crippen molar-refractivity contribution in [1.29, 1.82) is 0 Å². The zero-order chi connectivity index (χ0) is 27.5. The number of methoxy groups -OCH3 is 2. The largest absolute Gasteiger partial charge is 0.506 e. The van der Waals surface area contributed by atoms with Crippen LogP contribution in [-0.2, 0) is 9.53 Å². The number of anilines is 1. The number of nitrogens with zero attached hydrogens (tertiary/aromatic N) is 1. The van der Waals surface area contributed by atoms with E-state index in [2.05, 4.69) is 0 Å². The fourth-order valence-corrected chi connectivity index (χ4v) is 5.59. The molecule has 1 amide bonds. The van der Waals surface area contributed by atoms with Gasteiger partial charge in [-0.25, -0.2) is 4.79 Å². The van der Waals surface area contributed by atoms with Crippen LogP contribution >= 0.6 is 24.0 Å². The minimum Gasteiger partial charge on any atom is -0.506 e. The van der Waals surface area contributed by atoms with E-state index in [9.17, 15) is 14.7 Å². The van der Waals surface area contributed by atoms with Crippen LogP contribution in [0, 0.1) is 0 Å². The predicted octanol–water partition coefficient (Wildman–Crippen LogP) is 7.11. The maximum atomic E-state index is 13.5. The van der Waals surface area contributed by atoms with Gasteiger partial charge < -0.3 is 14.6 Å². The highest BCUT2D eigenvalue weighted by atomic mass is 32.2. The molecule has 1 aliphatic rings. The fraction of sp³-hybridized carbons (Fsp3) is 0.0645. The number of carbonyl (C=O) groups excluding carboxylic acids is 2.